The smallest absolute Gasteiger partial charge is 0.344 e. The maximum absolute atomic E-state index is 12.6. The molecule has 156 valence electrons. The highest BCUT2D eigenvalue weighted by atomic mass is 35.5. The predicted octanol–water partition coefficient (Wildman–Crippen LogP) is 6.33. The Labute approximate surface area is 189 Å². The molecule has 1 aromatic heterocycles. The summed E-state index contributed by atoms with van der Waals surface area (Å²) in [6.45, 7) is 0. The first-order valence-electron chi connectivity index (χ1n) is 9.39. The zero-order valence-corrected chi connectivity index (χ0v) is 19.5. The van der Waals surface area contributed by atoms with Crippen LogP contribution in [0, 0.1) is 0 Å². The van der Waals surface area contributed by atoms with Crippen LogP contribution in [0.2, 0.25) is 10.0 Å². The van der Waals surface area contributed by atoms with E-state index in [1.54, 1.807) is 12.1 Å². The highest BCUT2D eigenvalue weighted by molar-refractivity contribution is 7.99. The summed E-state index contributed by atoms with van der Waals surface area (Å²) in [5.41, 5.74) is 1.30. The zero-order valence-electron chi connectivity index (χ0n) is 16.3. The molecule has 0 spiro atoms. The third-order valence-electron chi connectivity index (χ3n) is 4.75. The van der Waals surface area contributed by atoms with Gasteiger partial charge in [0.1, 0.15) is 16.4 Å². The number of anilines is 1. The molecule has 0 aliphatic heterocycles. The molecule has 2 aromatic rings. The lowest BCUT2D eigenvalue weighted by molar-refractivity contribution is 0.0596. The third kappa shape index (κ3) is 5.94. The van der Waals surface area contributed by atoms with Gasteiger partial charge >= 0.3 is 5.97 Å². The van der Waals surface area contributed by atoms with E-state index in [1.165, 1.54) is 49.9 Å². The summed E-state index contributed by atoms with van der Waals surface area (Å²) < 4.78 is 5.05. The Hall–Kier alpha value is -1.15. The number of aromatic nitrogens is 2. The number of ether oxygens (including phenoxy) is 1. The summed E-state index contributed by atoms with van der Waals surface area (Å²) >= 11 is 15.2. The van der Waals surface area contributed by atoms with E-state index in [-0.39, 0.29) is 0 Å². The first-order chi connectivity index (χ1) is 14.0. The van der Waals surface area contributed by atoms with Gasteiger partial charge in [-0.1, -0.05) is 60.3 Å². The number of halogens is 2. The van der Waals surface area contributed by atoms with E-state index in [0.717, 1.165) is 18.4 Å². The monoisotopic (exact) mass is 471 g/mol. The molecule has 29 heavy (non-hydrogen) atoms. The lowest BCUT2D eigenvalue weighted by Gasteiger charge is -2.24. The van der Waals surface area contributed by atoms with Crippen molar-refractivity contribution in [2.24, 2.45) is 0 Å². The molecule has 1 aliphatic rings. The van der Waals surface area contributed by atoms with Crippen molar-refractivity contribution in [1.82, 2.24) is 9.97 Å². The molecule has 0 atom stereocenters. The molecular weight excluding hydrogens is 449 g/mol. The lowest BCUT2D eigenvalue weighted by atomic mass is 9.95. The average molecular weight is 472 g/mol. The average Bonchev–Trinajstić information content (AvgIpc) is 2.73. The molecule has 1 aromatic carbocycles. The van der Waals surface area contributed by atoms with Gasteiger partial charge in [-0.15, -0.1) is 11.8 Å². The number of rotatable bonds is 7. The van der Waals surface area contributed by atoms with Gasteiger partial charge in [-0.3, -0.25) is 0 Å². The van der Waals surface area contributed by atoms with Gasteiger partial charge in [-0.05, 0) is 36.8 Å². The van der Waals surface area contributed by atoms with Crippen molar-refractivity contribution in [3.63, 3.8) is 0 Å². The number of carbonyl (C=O) groups is 1. The molecule has 1 fully saturated rings. The van der Waals surface area contributed by atoms with Crippen LogP contribution in [-0.4, -0.2) is 35.3 Å². The van der Waals surface area contributed by atoms with Crippen LogP contribution in [0.1, 0.15) is 48.0 Å². The summed E-state index contributed by atoms with van der Waals surface area (Å²) in [4.78, 5) is 21.8. The molecule has 1 N–H and O–H groups in total. The number of thioether (sulfide) groups is 2. The summed E-state index contributed by atoms with van der Waals surface area (Å²) in [6, 6.07) is 5.70. The normalized spacial score (nSPS) is 14.6. The molecule has 1 saturated carbocycles. The van der Waals surface area contributed by atoms with Crippen molar-refractivity contribution in [2.45, 2.75) is 54.1 Å². The lowest BCUT2D eigenvalue weighted by Crippen LogP contribution is -2.25. The minimum Gasteiger partial charge on any atom is -0.465 e. The van der Waals surface area contributed by atoms with Crippen LogP contribution in [0.5, 0.6) is 0 Å². The molecule has 5 nitrogen and oxygen atoms in total. The fraction of sp³-hybridized carbons (Fsp3) is 0.450. The molecule has 3 rings (SSSR count). The van der Waals surface area contributed by atoms with E-state index in [0.29, 0.717) is 43.4 Å². The van der Waals surface area contributed by atoms with Crippen molar-refractivity contribution >= 4 is 58.5 Å². The predicted molar refractivity (Wildman–Crippen MR) is 122 cm³/mol. The molecular formula is C20H23Cl2N3O2S2. The van der Waals surface area contributed by atoms with Gasteiger partial charge in [0.05, 0.1) is 7.11 Å². The van der Waals surface area contributed by atoms with Crippen molar-refractivity contribution in [3.05, 3.63) is 39.4 Å². The Bertz CT molecular complexity index is 877. The number of nitrogens with zero attached hydrogens (tertiary/aromatic N) is 2. The van der Waals surface area contributed by atoms with E-state index >= 15 is 0 Å². The van der Waals surface area contributed by atoms with Crippen LogP contribution < -0.4 is 5.32 Å². The van der Waals surface area contributed by atoms with E-state index in [4.69, 9.17) is 27.9 Å². The van der Waals surface area contributed by atoms with Crippen LogP contribution >= 0.6 is 46.7 Å². The number of esters is 1. The zero-order chi connectivity index (χ0) is 20.8. The minimum absolute atomic E-state index is 0.306. The number of methoxy groups -OCH3 is 1. The Kier molecular flexibility index (Phi) is 8.35. The van der Waals surface area contributed by atoms with Gasteiger partial charge in [-0.25, -0.2) is 14.8 Å². The summed E-state index contributed by atoms with van der Waals surface area (Å²) in [6.07, 6.45) is 7.68. The number of hydrogen-bond acceptors (Lipinski definition) is 7. The molecule has 0 amide bonds. The molecule has 0 unspecified atom stereocenters. The standard InChI is InChI=1S/C20H23Cl2N3O2S2/c1-27-19(26)16-17(23-14-6-4-3-5-7-14)24-20(28-2)25-18(16)29-11-12-8-9-13(21)10-15(12)22/h8-10,14H,3-7,11H2,1-2H3,(H,23,24,25). The van der Waals surface area contributed by atoms with Gasteiger partial charge in [0.15, 0.2) is 5.16 Å². The second-order valence-corrected chi connectivity index (χ2v) is 9.32. The van der Waals surface area contributed by atoms with E-state index in [2.05, 4.69) is 15.3 Å². The van der Waals surface area contributed by atoms with E-state index < -0.39 is 5.97 Å². The number of nitrogens with one attached hydrogen (secondary N) is 1. The van der Waals surface area contributed by atoms with Crippen LogP contribution in [0.3, 0.4) is 0 Å². The maximum Gasteiger partial charge on any atom is 0.344 e. The highest BCUT2D eigenvalue weighted by Crippen LogP contribution is 2.34. The van der Waals surface area contributed by atoms with Gasteiger partial charge < -0.3 is 10.1 Å². The quantitative estimate of drug-likeness (QED) is 0.219. The first kappa shape index (κ1) is 22.5. The third-order valence-corrected chi connectivity index (χ3v) is 6.91. The summed E-state index contributed by atoms with van der Waals surface area (Å²) in [5, 5.41) is 5.85. The fourth-order valence-electron chi connectivity index (χ4n) is 3.23. The molecule has 0 bridgehead atoms. The van der Waals surface area contributed by atoms with Crippen molar-refractivity contribution in [1.29, 1.82) is 0 Å². The summed E-state index contributed by atoms with van der Waals surface area (Å²) in [7, 11) is 1.37. The van der Waals surface area contributed by atoms with Crippen LogP contribution in [0.4, 0.5) is 5.82 Å². The molecule has 1 heterocycles. The molecule has 0 radical (unpaired) electrons. The second kappa shape index (κ2) is 10.8. The van der Waals surface area contributed by atoms with Crippen molar-refractivity contribution in [2.75, 3.05) is 18.7 Å². The van der Waals surface area contributed by atoms with Crippen LogP contribution in [0.25, 0.3) is 0 Å². The Morgan fingerprint density at radius 1 is 1.24 bits per heavy atom. The Morgan fingerprint density at radius 3 is 2.66 bits per heavy atom. The summed E-state index contributed by atoms with van der Waals surface area (Å²) in [5.74, 6) is 0.654. The number of carbonyl (C=O) groups excluding carboxylic acids is 1. The minimum atomic E-state index is -0.444. The largest absolute Gasteiger partial charge is 0.465 e. The number of benzene rings is 1. The van der Waals surface area contributed by atoms with E-state index in [9.17, 15) is 4.79 Å². The SMILES string of the molecule is COC(=O)c1c(NC2CCCCC2)nc(SC)nc1SCc1ccc(Cl)cc1Cl. The highest BCUT2D eigenvalue weighted by Gasteiger charge is 2.25. The van der Waals surface area contributed by atoms with Crippen LogP contribution in [-0.2, 0) is 10.5 Å². The van der Waals surface area contributed by atoms with Gasteiger partial charge in [0.25, 0.3) is 0 Å². The molecule has 1 aliphatic carbocycles. The fourth-order valence-corrected chi connectivity index (χ4v) is 5.23. The Morgan fingerprint density at radius 2 is 2.00 bits per heavy atom. The van der Waals surface area contributed by atoms with E-state index in [1.807, 2.05) is 12.3 Å². The molecule has 0 saturated heterocycles. The molecule has 9 heteroatoms. The van der Waals surface area contributed by atoms with Gasteiger partial charge in [0, 0.05) is 21.8 Å². The van der Waals surface area contributed by atoms with Crippen molar-refractivity contribution < 1.29 is 9.53 Å². The number of hydrogen-bond donors (Lipinski definition) is 1. The van der Waals surface area contributed by atoms with Crippen molar-refractivity contribution in [3.8, 4) is 0 Å². The van der Waals surface area contributed by atoms with Gasteiger partial charge in [0.2, 0.25) is 0 Å². The van der Waals surface area contributed by atoms with Gasteiger partial charge in [-0.2, -0.15) is 0 Å². The maximum atomic E-state index is 12.6. The second-order valence-electron chi connectivity index (χ2n) is 6.73. The first-order valence-corrected chi connectivity index (χ1v) is 12.4. The van der Waals surface area contributed by atoms with Crippen LogP contribution in [0.15, 0.2) is 28.4 Å². The topological polar surface area (TPSA) is 64.1 Å². The Balaban J connectivity index is 1.92.